The molecule has 13 nitrogen and oxygen atoms in total. The standard InChI is InChI=1S/C49H53F2N7O6/c1-24(2)39(46(61)63-5)44(59)58-30-11-7-29(17-30)41(58)43-53-35-14-10-27(20-36(35)54-43)26-8-12-31-32-13-9-28(19-34(32)49(50,51)33(31)18-26)37-22-52-42(55-37)38-21-48(15-16-48)23-57(38)45(60)40(25(3)4)56-47(62)64-6/h8-10,12-14,18-20,22,24-25,29-30,38-41H,7,11,15-17,21,23H2,1-6H3,(H,52,55)(H,53,54)(H,56,62). The number of carbonyl (C=O) groups is 4. The predicted molar refractivity (Wildman–Crippen MR) is 234 cm³/mol. The van der Waals surface area contributed by atoms with Crippen LogP contribution in [0.2, 0.25) is 0 Å². The zero-order valence-electron chi connectivity index (χ0n) is 36.8. The number of imidazole rings is 2. The molecule has 6 atom stereocenters. The number of alkyl carbamates (subject to hydrolysis) is 1. The Morgan fingerprint density at radius 3 is 2.19 bits per heavy atom. The van der Waals surface area contributed by atoms with Gasteiger partial charge < -0.3 is 34.6 Å². The van der Waals surface area contributed by atoms with E-state index in [0.29, 0.717) is 51.7 Å². The molecule has 2 aliphatic heterocycles. The van der Waals surface area contributed by atoms with Crippen LogP contribution in [0.25, 0.3) is 44.5 Å². The number of nitrogens with one attached hydrogen (secondary N) is 3. The fourth-order valence-corrected chi connectivity index (χ4v) is 11.1. The molecule has 2 saturated carbocycles. The Balaban J connectivity index is 0.902. The van der Waals surface area contributed by atoms with Crippen molar-refractivity contribution in [2.75, 3.05) is 20.8 Å². The monoisotopic (exact) mass is 873 g/mol. The highest BCUT2D eigenvalue weighted by Crippen LogP contribution is 2.59. The number of methoxy groups -OCH3 is 2. The third-order valence-electron chi connectivity index (χ3n) is 14.7. The van der Waals surface area contributed by atoms with Crippen LogP contribution in [-0.2, 0) is 29.8 Å². The molecule has 5 aliphatic rings. The number of hydrogen-bond acceptors (Lipinski definition) is 8. The summed E-state index contributed by atoms with van der Waals surface area (Å²) in [6.45, 7) is 8.00. The van der Waals surface area contributed by atoms with E-state index in [2.05, 4.69) is 15.3 Å². The molecular formula is C49H53F2N7O6. The van der Waals surface area contributed by atoms with Gasteiger partial charge in [0.05, 0.1) is 49.2 Å². The average Bonchev–Trinajstić information content (AvgIpc) is 3.94. The van der Waals surface area contributed by atoms with Crippen molar-refractivity contribution in [1.82, 2.24) is 35.1 Å². The van der Waals surface area contributed by atoms with Crippen LogP contribution in [0.15, 0.2) is 60.8 Å². The molecule has 334 valence electrons. The summed E-state index contributed by atoms with van der Waals surface area (Å²) in [6.07, 6.45) is 6.38. The first kappa shape index (κ1) is 41.9. The highest BCUT2D eigenvalue weighted by atomic mass is 19.3. The molecule has 2 aromatic heterocycles. The summed E-state index contributed by atoms with van der Waals surface area (Å²) >= 11 is 0. The minimum Gasteiger partial charge on any atom is -0.468 e. The Labute approximate surface area is 369 Å². The van der Waals surface area contributed by atoms with Gasteiger partial charge in [-0.3, -0.25) is 14.4 Å². The topological polar surface area (TPSA) is 163 Å². The summed E-state index contributed by atoms with van der Waals surface area (Å²) in [4.78, 5) is 73.0. The van der Waals surface area contributed by atoms with E-state index >= 15 is 8.78 Å². The first-order valence-corrected chi connectivity index (χ1v) is 22.4. The van der Waals surface area contributed by atoms with E-state index in [9.17, 15) is 19.2 Å². The second-order valence-electron chi connectivity index (χ2n) is 19.3. The average molecular weight is 874 g/mol. The van der Waals surface area contributed by atoms with Gasteiger partial charge in [-0.2, -0.15) is 8.78 Å². The van der Waals surface area contributed by atoms with E-state index < -0.39 is 29.9 Å². The van der Waals surface area contributed by atoms with Crippen LogP contribution in [0.5, 0.6) is 0 Å². The lowest BCUT2D eigenvalue weighted by atomic mass is 9.91. The van der Waals surface area contributed by atoms with Gasteiger partial charge >= 0.3 is 12.1 Å². The number of carbonyl (C=O) groups excluding carboxylic acids is 4. The lowest BCUT2D eigenvalue weighted by molar-refractivity contribution is -0.158. The molecule has 3 N–H and O–H groups in total. The number of hydrogen-bond donors (Lipinski definition) is 3. The predicted octanol–water partition coefficient (Wildman–Crippen LogP) is 8.67. The molecule has 2 saturated heterocycles. The lowest BCUT2D eigenvalue weighted by Gasteiger charge is -2.36. The van der Waals surface area contributed by atoms with E-state index in [1.165, 1.54) is 20.3 Å². The maximum atomic E-state index is 16.7. The fourth-order valence-electron chi connectivity index (χ4n) is 11.1. The number of piperidine rings is 1. The SMILES string of the molecule is COC(=O)NC(C(=O)N1CC2(CC2)CC1c1ncc(-c2ccc3c(c2)C(F)(F)c2cc(-c4ccc5nc(C6C7CCC(C7)N6C(=O)C(C(=O)OC)C(C)C)[nH]c5c4)ccc2-3)[nH]1)C(C)C. The third-order valence-corrected chi connectivity index (χ3v) is 14.7. The summed E-state index contributed by atoms with van der Waals surface area (Å²) in [6, 6.07) is 14.5. The molecule has 64 heavy (non-hydrogen) atoms. The van der Waals surface area contributed by atoms with Crippen molar-refractivity contribution in [3.63, 3.8) is 0 Å². The number of alkyl halides is 2. The van der Waals surface area contributed by atoms with Crippen LogP contribution < -0.4 is 5.32 Å². The van der Waals surface area contributed by atoms with Crippen LogP contribution in [0, 0.1) is 29.1 Å². The van der Waals surface area contributed by atoms with Crippen LogP contribution in [-0.4, -0.2) is 86.5 Å². The normalized spacial score (nSPS) is 23.2. The number of benzene rings is 3. The molecule has 5 aromatic rings. The number of aromatic nitrogens is 4. The van der Waals surface area contributed by atoms with Crippen molar-refractivity contribution in [3.8, 4) is 33.5 Å². The molecule has 4 heterocycles. The van der Waals surface area contributed by atoms with Crippen molar-refractivity contribution in [2.45, 2.75) is 96.3 Å². The largest absolute Gasteiger partial charge is 0.468 e. The highest BCUT2D eigenvalue weighted by Gasteiger charge is 2.56. The zero-order valence-corrected chi connectivity index (χ0v) is 36.8. The third kappa shape index (κ3) is 6.75. The van der Waals surface area contributed by atoms with Crippen molar-refractivity contribution in [1.29, 1.82) is 0 Å². The minimum atomic E-state index is -3.29. The smallest absolute Gasteiger partial charge is 0.407 e. The van der Waals surface area contributed by atoms with Gasteiger partial charge in [0.15, 0.2) is 0 Å². The highest BCUT2D eigenvalue weighted by molar-refractivity contribution is 5.98. The van der Waals surface area contributed by atoms with E-state index in [1.54, 1.807) is 29.3 Å². The second-order valence-corrected chi connectivity index (χ2v) is 19.3. The van der Waals surface area contributed by atoms with Crippen LogP contribution in [0.1, 0.15) is 101 Å². The Bertz CT molecular complexity index is 2720. The zero-order chi connectivity index (χ0) is 45.0. The van der Waals surface area contributed by atoms with Crippen LogP contribution in [0.3, 0.4) is 0 Å². The number of H-pyrrole nitrogens is 2. The molecule has 10 rings (SSSR count). The Morgan fingerprint density at radius 2 is 1.52 bits per heavy atom. The second kappa shape index (κ2) is 15.3. The number of amides is 3. The van der Waals surface area contributed by atoms with E-state index in [-0.39, 0.29) is 64.2 Å². The lowest BCUT2D eigenvalue weighted by Crippen LogP contribution is -2.51. The van der Waals surface area contributed by atoms with Crippen molar-refractivity contribution >= 4 is 34.9 Å². The van der Waals surface area contributed by atoms with Crippen LogP contribution in [0.4, 0.5) is 13.6 Å². The van der Waals surface area contributed by atoms with Gasteiger partial charge in [0.1, 0.15) is 23.6 Å². The minimum absolute atomic E-state index is 0.0113. The molecule has 15 heteroatoms. The quantitative estimate of drug-likeness (QED) is 0.0928. The van der Waals surface area contributed by atoms with E-state index in [1.807, 2.05) is 62.9 Å². The number of rotatable bonds is 10. The fraction of sp³-hybridized carbons (Fsp3) is 0.469. The molecular weight excluding hydrogens is 821 g/mol. The van der Waals surface area contributed by atoms with Gasteiger partial charge in [-0.1, -0.05) is 58.0 Å². The Morgan fingerprint density at radius 1 is 0.828 bits per heavy atom. The molecule has 1 spiro atoms. The molecule has 0 radical (unpaired) electrons. The number of esters is 1. The van der Waals surface area contributed by atoms with E-state index in [0.717, 1.165) is 49.6 Å². The summed E-state index contributed by atoms with van der Waals surface area (Å²) in [5.41, 5.74) is 4.67. The van der Waals surface area contributed by atoms with Crippen molar-refractivity contribution < 1.29 is 37.4 Å². The number of fused-ring (bicyclic) bond motifs is 6. The molecule has 4 fully saturated rings. The van der Waals surface area contributed by atoms with Crippen molar-refractivity contribution in [3.05, 3.63) is 83.6 Å². The maximum Gasteiger partial charge on any atom is 0.407 e. The number of ether oxygens (including phenoxy) is 2. The van der Waals surface area contributed by atoms with Gasteiger partial charge in [0.2, 0.25) is 11.8 Å². The number of aromatic amines is 2. The molecule has 2 bridgehead atoms. The number of likely N-dealkylation sites (tertiary alicyclic amines) is 2. The van der Waals surface area contributed by atoms with Gasteiger partial charge in [-0.15, -0.1) is 0 Å². The van der Waals surface area contributed by atoms with Gasteiger partial charge in [0, 0.05) is 29.3 Å². The van der Waals surface area contributed by atoms with Gasteiger partial charge in [-0.25, -0.2) is 14.8 Å². The Kier molecular flexibility index (Phi) is 9.98. The van der Waals surface area contributed by atoms with Crippen LogP contribution >= 0.6 is 0 Å². The summed E-state index contributed by atoms with van der Waals surface area (Å²) in [5, 5.41) is 2.70. The molecule has 3 aromatic carbocycles. The Hall–Kier alpha value is -6.12. The van der Waals surface area contributed by atoms with Crippen molar-refractivity contribution in [2.24, 2.45) is 29.1 Å². The number of nitrogens with zero attached hydrogens (tertiary/aromatic N) is 4. The summed E-state index contributed by atoms with van der Waals surface area (Å²) < 4.78 is 43.2. The number of halogens is 2. The molecule has 3 aliphatic carbocycles. The summed E-state index contributed by atoms with van der Waals surface area (Å²) in [7, 11) is 2.57. The van der Waals surface area contributed by atoms with Gasteiger partial charge in [0.25, 0.3) is 5.92 Å². The summed E-state index contributed by atoms with van der Waals surface area (Å²) in [5.74, 6) is -4.13. The van der Waals surface area contributed by atoms with Gasteiger partial charge in [-0.05, 0) is 108 Å². The van der Waals surface area contributed by atoms with E-state index in [4.69, 9.17) is 19.4 Å². The maximum absolute atomic E-state index is 16.7. The molecule has 3 amide bonds. The molecule has 6 unspecified atom stereocenters. The first-order chi connectivity index (χ1) is 30.6. The first-order valence-electron chi connectivity index (χ1n) is 22.4.